The number of carboxylic acids is 1. The number of ether oxygens (including phenoxy) is 2. The van der Waals surface area contributed by atoms with Crippen LogP contribution in [0.1, 0.15) is 24.9 Å². The van der Waals surface area contributed by atoms with E-state index < -0.39 is 12.0 Å². The molecule has 8 heteroatoms. The molecule has 8 nitrogen and oxygen atoms in total. The van der Waals surface area contributed by atoms with Crippen molar-refractivity contribution >= 4 is 5.97 Å². The van der Waals surface area contributed by atoms with Crippen LogP contribution in [-0.4, -0.2) is 39.9 Å². The molecule has 0 amide bonds. The highest BCUT2D eigenvalue weighted by atomic mass is 16.5. The third-order valence-corrected chi connectivity index (χ3v) is 2.92. The lowest BCUT2D eigenvalue weighted by molar-refractivity contribution is -0.306. The van der Waals surface area contributed by atoms with Crippen LogP contribution in [0.5, 0.6) is 11.5 Å². The molecule has 1 aromatic carbocycles. The maximum Gasteiger partial charge on any atom is 0.161 e. The zero-order chi connectivity index (χ0) is 15.2. The number of carbonyl (C=O) groups is 1. The van der Waals surface area contributed by atoms with E-state index in [-0.39, 0.29) is 6.42 Å². The van der Waals surface area contributed by atoms with Gasteiger partial charge in [-0.2, -0.15) is 0 Å². The first-order chi connectivity index (χ1) is 10.2. The predicted octanol–water partition coefficient (Wildman–Crippen LogP) is -0.190. The molecule has 0 fully saturated rings. The molecule has 1 heterocycles. The molecule has 0 unspecified atom stereocenters. The fourth-order valence-corrected chi connectivity index (χ4v) is 2.00. The molecule has 1 aromatic heterocycles. The molecular formula is C13H15N4O4-. The van der Waals surface area contributed by atoms with Crippen LogP contribution < -0.4 is 14.6 Å². The van der Waals surface area contributed by atoms with E-state index in [4.69, 9.17) is 9.47 Å². The number of tetrazole rings is 1. The van der Waals surface area contributed by atoms with Gasteiger partial charge in [-0.1, -0.05) is 6.07 Å². The van der Waals surface area contributed by atoms with E-state index in [9.17, 15) is 9.90 Å². The predicted molar refractivity (Wildman–Crippen MR) is 69.7 cm³/mol. The lowest BCUT2D eigenvalue weighted by Crippen LogP contribution is -2.27. The van der Waals surface area contributed by atoms with Gasteiger partial charge in [-0.25, -0.2) is 4.68 Å². The summed E-state index contributed by atoms with van der Waals surface area (Å²) in [5.41, 5.74) is 0.687. The van der Waals surface area contributed by atoms with Crippen molar-refractivity contribution in [2.75, 3.05) is 13.7 Å². The van der Waals surface area contributed by atoms with Gasteiger partial charge in [0.15, 0.2) is 11.5 Å². The van der Waals surface area contributed by atoms with E-state index in [0.29, 0.717) is 23.7 Å². The molecule has 0 aliphatic heterocycles. The lowest BCUT2D eigenvalue weighted by Gasteiger charge is -2.19. The van der Waals surface area contributed by atoms with Gasteiger partial charge in [0.25, 0.3) is 0 Å². The summed E-state index contributed by atoms with van der Waals surface area (Å²) in [6, 6.07) is 4.61. The molecule has 21 heavy (non-hydrogen) atoms. The van der Waals surface area contributed by atoms with E-state index in [1.54, 1.807) is 18.2 Å². The highest BCUT2D eigenvalue weighted by molar-refractivity contribution is 5.65. The van der Waals surface area contributed by atoms with Gasteiger partial charge in [0.1, 0.15) is 6.33 Å². The van der Waals surface area contributed by atoms with Crippen LogP contribution in [0.25, 0.3) is 0 Å². The summed E-state index contributed by atoms with van der Waals surface area (Å²) in [5.74, 6) is -0.0817. The zero-order valence-electron chi connectivity index (χ0n) is 11.7. The maximum atomic E-state index is 11.0. The Balaban J connectivity index is 2.38. The third kappa shape index (κ3) is 3.47. The number of nitrogens with zero attached hydrogens (tertiary/aromatic N) is 4. The first-order valence-electron chi connectivity index (χ1n) is 6.38. The van der Waals surface area contributed by atoms with E-state index >= 15 is 0 Å². The average molecular weight is 291 g/mol. The van der Waals surface area contributed by atoms with Crippen LogP contribution in [0, 0.1) is 0 Å². The fraction of sp³-hybridized carbons (Fsp3) is 0.385. The number of rotatable bonds is 7. The number of methoxy groups -OCH3 is 1. The third-order valence-electron chi connectivity index (χ3n) is 2.92. The average Bonchev–Trinajstić information content (AvgIpc) is 2.99. The minimum Gasteiger partial charge on any atom is -0.550 e. The smallest absolute Gasteiger partial charge is 0.161 e. The van der Waals surface area contributed by atoms with Crippen LogP contribution in [0.2, 0.25) is 0 Å². The van der Waals surface area contributed by atoms with Crippen LogP contribution in [-0.2, 0) is 4.79 Å². The van der Waals surface area contributed by atoms with E-state index in [1.807, 2.05) is 6.92 Å². The summed E-state index contributed by atoms with van der Waals surface area (Å²) in [6.07, 6.45) is 1.11. The Hall–Kier alpha value is -2.64. The molecular weight excluding hydrogens is 276 g/mol. The Kier molecular flexibility index (Phi) is 4.70. The molecule has 0 aliphatic carbocycles. The fourth-order valence-electron chi connectivity index (χ4n) is 2.00. The van der Waals surface area contributed by atoms with Crippen LogP contribution in [0.3, 0.4) is 0 Å². The normalized spacial score (nSPS) is 11.9. The van der Waals surface area contributed by atoms with Crippen molar-refractivity contribution in [3.63, 3.8) is 0 Å². The minimum absolute atomic E-state index is 0.248. The molecule has 0 aliphatic rings. The Morgan fingerprint density at radius 2 is 2.24 bits per heavy atom. The number of benzene rings is 1. The molecule has 0 N–H and O–H groups in total. The van der Waals surface area contributed by atoms with E-state index in [1.165, 1.54) is 18.1 Å². The lowest BCUT2D eigenvalue weighted by atomic mass is 10.0. The summed E-state index contributed by atoms with van der Waals surface area (Å²) in [7, 11) is 1.52. The minimum atomic E-state index is -1.19. The van der Waals surface area contributed by atoms with Crippen LogP contribution in [0.4, 0.5) is 0 Å². The number of hydrogen-bond donors (Lipinski definition) is 0. The van der Waals surface area contributed by atoms with Crippen LogP contribution >= 0.6 is 0 Å². The van der Waals surface area contributed by atoms with E-state index in [0.717, 1.165) is 0 Å². The van der Waals surface area contributed by atoms with Gasteiger partial charge < -0.3 is 19.4 Å². The van der Waals surface area contributed by atoms with Gasteiger partial charge in [-0.05, 0) is 35.0 Å². The number of carboxylic acid groups (broad SMARTS) is 1. The first kappa shape index (κ1) is 14.8. The van der Waals surface area contributed by atoms with Crippen molar-refractivity contribution in [1.82, 2.24) is 20.2 Å². The molecule has 0 saturated carbocycles. The number of aliphatic carboxylic acids is 1. The Morgan fingerprint density at radius 3 is 2.81 bits per heavy atom. The zero-order valence-corrected chi connectivity index (χ0v) is 11.7. The summed E-state index contributed by atoms with van der Waals surface area (Å²) in [6.45, 7) is 2.37. The van der Waals surface area contributed by atoms with Gasteiger partial charge in [-0.15, -0.1) is 5.10 Å². The molecule has 0 saturated heterocycles. The van der Waals surface area contributed by atoms with Gasteiger partial charge in [0, 0.05) is 12.4 Å². The molecule has 0 bridgehead atoms. The van der Waals surface area contributed by atoms with Crippen LogP contribution in [0.15, 0.2) is 24.5 Å². The Morgan fingerprint density at radius 1 is 1.43 bits per heavy atom. The Labute approximate surface area is 121 Å². The van der Waals surface area contributed by atoms with Crippen molar-refractivity contribution in [2.24, 2.45) is 0 Å². The topological polar surface area (TPSA) is 102 Å². The summed E-state index contributed by atoms with van der Waals surface area (Å²) >= 11 is 0. The second kappa shape index (κ2) is 6.69. The first-order valence-corrected chi connectivity index (χ1v) is 6.38. The number of carbonyl (C=O) groups excluding carboxylic acids is 1. The van der Waals surface area contributed by atoms with E-state index in [2.05, 4.69) is 15.5 Å². The second-order valence-electron chi connectivity index (χ2n) is 4.23. The van der Waals surface area contributed by atoms with Crippen molar-refractivity contribution in [3.8, 4) is 11.5 Å². The van der Waals surface area contributed by atoms with Gasteiger partial charge in [-0.3, -0.25) is 0 Å². The molecule has 0 radical (unpaired) electrons. The Bertz CT molecular complexity index is 600. The molecule has 1 atom stereocenters. The monoisotopic (exact) mass is 291 g/mol. The maximum absolute atomic E-state index is 11.0. The number of hydrogen-bond acceptors (Lipinski definition) is 7. The summed E-state index contributed by atoms with van der Waals surface area (Å²) < 4.78 is 12.1. The summed E-state index contributed by atoms with van der Waals surface area (Å²) in [5, 5.41) is 21.8. The molecule has 2 rings (SSSR count). The highest BCUT2D eigenvalue weighted by Crippen LogP contribution is 2.32. The van der Waals surface area contributed by atoms with Crippen molar-refractivity contribution in [3.05, 3.63) is 30.1 Å². The van der Waals surface area contributed by atoms with Gasteiger partial charge in [0.2, 0.25) is 0 Å². The molecule has 112 valence electrons. The quantitative estimate of drug-likeness (QED) is 0.696. The number of aromatic nitrogens is 4. The SMILES string of the molecule is CCOc1ccc([C@H](CC(=O)[O-])n2cnnn2)cc1OC. The summed E-state index contributed by atoms with van der Waals surface area (Å²) in [4.78, 5) is 11.0. The van der Waals surface area contributed by atoms with Gasteiger partial charge >= 0.3 is 0 Å². The highest BCUT2D eigenvalue weighted by Gasteiger charge is 2.18. The van der Waals surface area contributed by atoms with Crippen molar-refractivity contribution in [2.45, 2.75) is 19.4 Å². The van der Waals surface area contributed by atoms with Gasteiger partial charge in [0.05, 0.1) is 19.8 Å². The molecule has 2 aromatic rings. The van der Waals surface area contributed by atoms with Crippen molar-refractivity contribution < 1.29 is 19.4 Å². The largest absolute Gasteiger partial charge is 0.550 e. The molecule has 0 spiro atoms. The standard InChI is InChI=1S/C13H16N4O4/c1-3-21-11-5-4-9(6-12(11)20-2)10(7-13(18)19)17-8-14-15-16-17/h4-6,8,10H,3,7H2,1-2H3,(H,18,19)/p-1/t10-/m0/s1. The van der Waals surface area contributed by atoms with Crippen molar-refractivity contribution in [1.29, 1.82) is 0 Å². The second-order valence-corrected chi connectivity index (χ2v) is 4.23.